The molecule has 1 fully saturated rings. The molecule has 0 amide bonds. The van der Waals surface area contributed by atoms with E-state index in [1.807, 2.05) is 0 Å². The van der Waals surface area contributed by atoms with Crippen LogP contribution in [0.2, 0.25) is 0 Å². The molecule has 0 radical (unpaired) electrons. The van der Waals surface area contributed by atoms with Crippen LogP contribution in [-0.2, 0) is 0 Å². The highest BCUT2D eigenvalue weighted by molar-refractivity contribution is 5.15. The molecule has 1 aliphatic rings. The van der Waals surface area contributed by atoms with E-state index in [2.05, 4.69) is 0 Å². The Bertz CT molecular complexity index is 190. The van der Waals surface area contributed by atoms with Gasteiger partial charge in [-0.25, -0.2) is 0 Å². The van der Waals surface area contributed by atoms with Gasteiger partial charge in [-0.3, -0.25) is 0 Å². The summed E-state index contributed by atoms with van der Waals surface area (Å²) in [6.07, 6.45) is -4.21. The Morgan fingerprint density at radius 2 is 2.10 bits per heavy atom. The molecule has 0 aromatic heterocycles. The predicted molar refractivity (Wildman–Crippen MR) is 27.9 cm³/mol. The van der Waals surface area contributed by atoms with Crippen LogP contribution in [0.4, 0.5) is 13.2 Å². The van der Waals surface area contributed by atoms with Crippen molar-refractivity contribution in [1.82, 2.24) is 0 Å². The Balaban J connectivity index is 2.63. The molecular weight excluding hydrogens is 143 g/mol. The van der Waals surface area contributed by atoms with Crippen molar-refractivity contribution in [2.45, 2.75) is 19.5 Å². The van der Waals surface area contributed by atoms with Crippen molar-refractivity contribution in [1.29, 1.82) is 5.26 Å². The molecule has 1 aliphatic carbocycles. The summed E-state index contributed by atoms with van der Waals surface area (Å²) >= 11 is 0. The molecular formula is C6H6F3N. The normalized spacial score (nSPS) is 38.9. The molecule has 1 rings (SSSR count). The average molecular weight is 149 g/mol. The molecule has 1 saturated carbocycles. The van der Waals surface area contributed by atoms with Gasteiger partial charge in [-0.2, -0.15) is 18.4 Å². The van der Waals surface area contributed by atoms with Crippen molar-refractivity contribution in [2.24, 2.45) is 11.3 Å². The summed E-state index contributed by atoms with van der Waals surface area (Å²) in [5.74, 6) is -1.38. The van der Waals surface area contributed by atoms with Crippen molar-refractivity contribution in [3.8, 4) is 6.07 Å². The Hall–Kier alpha value is -0.720. The molecule has 0 heterocycles. The zero-order chi connectivity index (χ0) is 7.99. The highest BCUT2D eigenvalue weighted by Gasteiger charge is 2.64. The Kier molecular flexibility index (Phi) is 1.22. The zero-order valence-corrected chi connectivity index (χ0v) is 5.37. The van der Waals surface area contributed by atoms with Crippen LogP contribution >= 0.6 is 0 Å². The Morgan fingerprint density at radius 1 is 1.60 bits per heavy atom. The lowest BCUT2D eigenvalue weighted by Crippen LogP contribution is -2.14. The standard InChI is InChI=1S/C6H6F3N/c1-5(3-10)2-4(5)6(7,8)9/h4H,2H2,1H3/t4-,5+/m1/s1. The Morgan fingerprint density at radius 3 is 2.20 bits per heavy atom. The van der Waals surface area contributed by atoms with E-state index in [1.165, 1.54) is 6.92 Å². The number of nitrogens with zero attached hydrogens (tertiary/aromatic N) is 1. The van der Waals surface area contributed by atoms with Crippen LogP contribution in [0, 0.1) is 22.7 Å². The van der Waals surface area contributed by atoms with Crippen LogP contribution in [0.5, 0.6) is 0 Å². The fraction of sp³-hybridized carbons (Fsp3) is 0.833. The van der Waals surface area contributed by atoms with Gasteiger partial charge in [-0.15, -0.1) is 0 Å². The van der Waals surface area contributed by atoms with Gasteiger partial charge in [0, 0.05) is 0 Å². The van der Waals surface area contributed by atoms with Gasteiger partial charge in [0.15, 0.2) is 0 Å². The minimum atomic E-state index is -4.18. The lowest BCUT2D eigenvalue weighted by molar-refractivity contribution is -0.153. The largest absolute Gasteiger partial charge is 0.393 e. The third-order valence-electron chi connectivity index (χ3n) is 1.89. The highest BCUT2D eigenvalue weighted by Crippen LogP contribution is 2.59. The summed E-state index contributed by atoms with van der Waals surface area (Å²) < 4.78 is 35.3. The number of halogens is 3. The molecule has 0 aliphatic heterocycles. The van der Waals surface area contributed by atoms with E-state index in [-0.39, 0.29) is 6.42 Å². The molecule has 1 nitrogen and oxygen atoms in total. The van der Waals surface area contributed by atoms with Gasteiger partial charge in [0.2, 0.25) is 0 Å². The van der Waals surface area contributed by atoms with Gasteiger partial charge < -0.3 is 0 Å². The second-order valence-corrected chi connectivity index (χ2v) is 2.83. The molecule has 0 unspecified atom stereocenters. The number of alkyl halides is 3. The van der Waals surface area contributed by atoms with E-state index >= 15 is 0 Å². The van der Waals surface area contributed by atoms with Crippen LogP contribution in [0.25, 0.3) is 0 Å². The first-order chi connectivity index (χ1) is 4.40. The lowest BCUT2D eigenvalue weighted by atomic mass is 10.1. The third-order valence-corrected chi connectivity index (χ3v) is 1.89. The van der Waals surface area contributed by atoms with Crippen LogP contribution in [0.15, 0.2) is 0 Å². The van der Waals surface area contributed by atoms with E-state index < -0.39 is 17.5 Å². The highest BCUT2D eigenvalue weighted by atomic mass is 19.4. The van der Waals surface area contributed by atoms with Crippen molar-refractivity contribution < 1.29 is 13.2 Å². The minimum absolute atomic E-state index is 0.0347. The molecule has 0 saturated heterocycles. The SMILES string of the molecule is C[C@@]1(C#N)C[C@H]1C(F)(F)F. The molecule has 0 aromatic rings. The first-order valence-corrected chi connectivity index (χ1v) is 2.88. The van der Waals surface area contributed by atoms with Crippen LogP contribution in [0.3, 0.4) is 0 Å². The van der Waals surface area contributed by atoms with E-state index in [0.29, 0.717) is 0 Å². The summed E-state index contributed by atoms with van der Waals surface area (Å²) in [6.45, 7) is 1.34. The van der Waals surface area contributed by atoms with Crippen LogP contribution < -0.4 is 0 Å². The van der Waals surface area contributed by atoms with Gasteiger partial charge in [-0.1, -0.05) is 0 Å². The maximum atomic E-state index is 11.8. The quantitative estimate of drug-likeness (QED) is 0.517. The first-order valence-electron chi connectivity index (χ1n) is 2.88. The second-order valence-electron chi connectivity index (χ2n) is 2.83. The van der Waals surface area contributed by atoms with Gasteiger partial charge in [0.1, 0.15) is 0 Å². The topological polar surface area (TPSA) is 23.8 Å². The summed E-state index contributed by atoms with van der Waals surface area (Å²) in [6, 6.07) is 1.65. The molecule has 2 atom stereocenters. The van der Waals surface area contributed by atoms with Gasteiger partial charge in [0.05, 0.1) is 17.4 Å². The van der Waals surface area contributed by atoms with Crippen molar-refractivity contribution in [3.05, 3.63) is 0 Å². The van der Waals surface area contributed by atoms with E-state index in [9.17, 15) is 13.2 Å². The number of hydrogen-bond acceptors (Lipinski definition) is 1. The van der Waals surface area contributed by atoms with Crippen molar-refractivity contribution in [2.75, 3.05) is 0 Å². The molecule has 0 bridgehead atoms. The second kappa shape index (κ2) is 1.66. The smallest absolute Gasteiger partial charge is 0.198 e. The average Bonchev–Trinajstić information content (AvgIpc) is 2.43. The van der Waals surface area contributed by atoms with Gasteiger partial charge in [-0.05, 0) is 13.3 Å². The zero-order valence-electron chi connectivity index (χ0n) is 5.37. The molecule has 56 valence electrons. The molecule has 0 aromatic carbocycles. The molecule has 4 heteroatoms. The van der Waals surface area contributed by atoms with E-state index in [1.54, 1.807) is 6.07 Å². The molecule has 0 spiro atoms. The van der Waals surface area contributed by atoms with Crippen LogP contribution in [0.1, 0.15) is 13.3 Å². The third kappa shape index (κ3) is 0.962. The van der Waals surface area contributed by atoms with Crippen LogP contribution in [-0.4, -0.2) is 6.18 Å². The maximum Gasteiger partial charge on any atom is 0.393 e. The summed E-state index contributed by atoms with van der Waals surface area (Å²) in [5, 5.41) is 8.25. The van der Waals surface area contributed by atoms with Crippen molar-refractivity contribution in [3.63, 3.8) is 0 Å². The first kappa shape index (κ1) is 7.39. The fourth-order valence-corrected chi connectivity index (χ4v) is 0.966. The van der Waals surface area contributed by atoms with E-state index in [4.69, 9.17) is 5.26 Å². The van der Waals surface area contributed by atoms with Gasteiger partial charge >= 0.3 is 6.18 Å². The summed E-state index contributed by atoms with van der Waals surface area (Å²) in [7, 11) is 0. The Labute approximate surface area is 56.4 Å². The molecule has 10 heavy (non-hydrogen) atoms. The minimum Gasteiger partial charge on any atom is -0.198 e. The summed E-state index contributed by atoms with van der Waals surface area (Å²) in [5.41, 5.74) is -1.13. The number of hydrogen-bond donors (Lipinski definition) is 0. The fourth-order valence-electron chi connectivity index (χ4n) is 0.966. The predicted octanol–water partition coefficient (Wildman–Crippen LogP) is 2.10. The van der Waals surface area contributed by atoms with Crippen molar-refractivity contribution >= 4 is 0 Å². The molecule has 0 N–H and O–H groups in total. The number of rotatable bonds is 0. The number of nitriles is 1. The van der Waals surface area contributed by atoms with E-state index in [0.717, 1.165) is 0 Å². The summed E-state index contributed by atoms with van der Waals surface area (Å²) in [4.78, 5) is 0. The maximum absolute atomic E-state index is 11.8. The van der Waals surface area contributed by atoms with Gasteiger partial charge in [0.25, 0.3) is 0 Å². The monoisotopic (exact) mass is 149 g/mol. The lowest BCUT2D eigenvalue weighted by Gasteiger charge is -2.04.